The van der Waals surface area contributed by atoms with Gasteiger partial charge in [0.25, 0.3) is 0 Å². The Morgan fingerprint density at radius 1 is 1.14 bits per heavy atom. The van der Waals surface area contributed by atoms with Gasteiger partial charge in [-0.1, -0.05) is 7.43 Å². The van der Waals surface area contributed by atoms with E-state index in [1.165, 1.54) is 12.1 Å². The zero-order valence-electron chi connectivity index (χ0n) is 14.8. The third-order valence-corrected chi connectivity index (χ3v) is 4.87. The Labute approximate surface area is 161 Å². The van der Waals surface area contributed by atoms with Crippen LogP contribution in [0.25, 0.3) is 11.2 Å². The van der Waals surface area contributed by atoms with Crippen molar-refractivity contribution in [1.82, 2.24) is 19.5 Å². The number of benzene rings is 1. The molecule has 2 aromatic heterocycles. The van der Waals surface area contributed by atoms with Crippen molar-refractivity contribution < 1.29 is 13.9 Å². The van der Waals surface area contributed by atoms with Gasteiger partial charge in [-0.15, -0.1) is 0 Å². The average Bonchev–Trinajstić information content (AvgIpc) is 3.01. The zero-order chi connectivity index (χ0) is 19.0. The number of anilines is 3. The molecule has 0 atom stereocenters. The van der Waals surface area contributed by atoms with Crippen LogP contribution >= 0.6 is 0 Å². The molecular formula is C19H24F2N6O. The molecule has 9 heteroatoms. The molecule has 0 bridgehead atoms. The SMILES string of the molecule is C.CNc1ncc2nc(Nc3ccc(F)cc3F)n(C3CCC(O)CC3)c2n1. The Balaban J connectivity index is 0.00000225. The summed E-state index contributed by atoms with van der Waals surface area (Å²) in [6.45, 7) is 0. The maximum atomic E-state index is 14.1. The monoisotopic (exact) mass is 390 g/mol. The lowest BCUT2D eigenvalue weighted by atomic mass is 9.93. The molecule has 4 rings (SSSR count). The van der Waals surface area contributed by atoms with Crippen LogP contribution in [0.15, 0.2) is 24.4 Å². The van der Waals surface area contributed by atoms with E-state index in [9.17, 15) is 13.9 Å². The number of nitrogens with one attached hydrogen (secondary N) is 2. The number of hydrogen-bond acceptors (Lipinski definition) is 6. The molecule has 3 aromatic rings. The van der Waals surface area contributed by atoms with Crippen molar-refractivity contribution in [1.29, 1.82) is 0 Å². The Kier molecular flexibility index (Phi) is 5.73. The maximum absolute atomic E-state index is 14.1. The van der Waals surface area contributed by atoms with Crippen molar-refractivity contribution in [3.05, 3.63) is 36.0 Å². The average molecular weight is 390 g/mol. The molecule has 3 N–H and O–H groups in total. The number of nitrogens with zero attached hydrogens (tertiary/aromatic N) is 4. The second kappa shape index (κ2) is 8.05. The van der Waals surface area contributed by atoms with Crippen molar-refractivity contribution in [3.8, 4) is 0 Å². The molecule has 150 valence electrons. The summed E-state index contributed by atoms with van der Waals surface area (Å²) in [4.78, 5) is 13.2. The molecule has 1 saturated carbocycles. The van der Waals surface area contributed by atoms with Gasteiger partial charge in [0.15, 0.2) is 5.65 Å². The maximum Gasteiger partial charge on any atom is 0.224 e. The smallest absolute Gasteiger partial charge is 0.224 e. The van der Waals surface area contributed by atoms with Crippen LogP contribution in [-0.2, 0) is 0 Å². The van der Waals surface area contributed by atoms with Gasteiger partial charge in [0.1, 0.15) is 17.2 Å². The molecule has 1 aromatic carbocycles. The van der Waals surface area contributed by atoms with Crippen LogP contribution in [0.4, 0.5) is 26.4 Å². The number of aromatic nitrogens is 4. The molecule has 1 aliphatic rings. The molecule has 0 saturated heterocycles. The molecule has 0 spiro atoms. The van der Waals surface area contributed by atoms with Gasteiger partial charge in [-0.25, -0.2) is 18.7 Å². The Hall–Kier alpha value is -2.81. The summed E-state index contributed by atoms with van der Waals surface area (Å²) in [6.07, 6.45) is 4.17. The highest BCUT2D eigenvalue weighted by Crippen LogP contribution is 2.35. The predicted octanol–water partition coefficient (Wildman–Crippen LogP) is 4.00. The second-order valence-corrected chi connectivity index (χ2v) is 6.67. The lowest BCUT2D eigenvalue weighted by molar-refractivity contribution is 0.112. The summed E-state index contributed by atoms with van der Waals surface area (Å²) >= 11 is 0. The van der Waals surface area contributed by atoms with Crippen LogP contribution < -0.4 is 10.6 Å². The van der Waals surface area contributed by atoms with E-state index in [2.05, 4.69) is 25.6 Å². The van der Waals surface area contributed by atoms with Gasteiger partial charge in [0, 0.05) is 19.2 Å². The number of hydrogen-bond donors (Lipinski definition) is 3. The third kappa shape index (κ3) is 3.75. The lowest BCUT2D eigenvalue weighted by Gasteiger charge is -2.28. The van der Waals surface area contributed by atoms with E-state index in [1.54, 1.807) is 13.2 Å². The molecule has 2 heterocycles. The van der Waals surface area contributed by atoms with Crippen molar-refractivity contribution >= 4 is 28.7 Å². The van der Waals surface area contributed by atoms with Crippen molar-refractivity contribution in [2.24, 2.45) is 0 Å². The summed E-state index contributed by atoms with van der Waals surface area (Å²) in [5.41, 5.74) is 1.33. The van der Waals surface area contributed by atoms with E-state index in [0.29, 0.717) is 35.9 Å². The van der Waals surface area contributed by atoms with Crippen molar-refractivity contribution in [2.75, 3.05) is 17.7 Å². The highest BCUT2D eigenvalue weighted by Gasteiger charge is 2.26. The van der Waals surface area contributed by atoms with Crippen LogP contribution in [0, 0.1) is 11.6 Å². The van der Waals surface area contributed by atoms with Gasteiger partial charge in [0.2, 0.25) is 11.9 Å². The van der Waals surface area contributed by atoms with E-state index in [4.69, 9.17) is 0 Å². The number of imidazole rings is 1. The largest absolute Gasteiger partial charge is 0.393 e. The minimum Gasteiger partial charge on any atom is -0.393 e. The van der Waals surface area contributed by atoms with Crippen LogP contribution in [0.1, 0.15) is 39.2 Å². The number of fused-ring (bicyclic) bond motifs is 1. The van der Waals surface area contributed by atoms with Gasteiger partial charge < -0.3 is 15.7 Å². The Morgan fingerprint density at radius 2 is 1.89 bits per heavy atom. The first-order valence-electron chi connectivity index (χ1n) is 8.88. The normalized spacial score (nSPS) is 19.3. The lowest BCUT2D eigenvalue weighted by Crippen LogP contribution is -2.22. The minimum atomic E-state index is -0.699. The van der Waals surface area contributed by atoms with Crippen LogP contribution in [0.5, 0.6) is 0 Å². The van der Waals surface area contributed by atoms with Gasteiger partial charge in [0.05, 0.1) is 18.0 Å². The zero-order valence-corrected chi connectivity index (χ0v) is 14.8. The summed E-state index contributed by atoms with van der Waals surface area (Å²) in [5.74, 6) is -0.467. The number of aliphatic hydroxyl groups excluding tert-OH is 1. The molecule has 1 aliphatic carbocycles. The molecular weight excluding hydrogens is 366 g/mol. The molecule has 0 aliphatic heterocycles. The van der Waals surface area contributed by atoms with E-state index >= 15 is 0 Å². The molecule has 0 amide bonds. The number of aliphatic hydroxyl groups is 1. The van der Waals surface area contributed by atoms with E-state index in [-0.39, 0.29) is 25.3 Å². The van der Waals surface area contributed by atoms with E-state index < -0.39 is 11.6 Å². The molecule has 1 fully saturated rings. The topological polar surface area (TPSA) is 87.9 Å². The standard InChI is InChI=1S/C18H20F2N6O.CH4/c1-21-17-22-9-15-16(25-17)26(11-3-5-12(27)6-4-11)18(24-15)23-14-7-2-10(19)8-13(14)20;/h2,7-9,11-12,27H,3-6H2,1H3,(H,23,24)(H,21,22,25);1H4. The fraction of sp³-hybridized carbons (Fsp3) is 0.421. The number of halogens is 2. The Morgan fingerprint density at radius 3 is 2.57 bits per heavy atom. The van der Waals surface area contributed by atoms with Gasteiger partial charge in [-0.05, 0) is 37.8 Å². The Bertz CT molecular complexity index is 968. The van der Waals surface area contributed by atoms with Gasteiger partial charge in [-0.2, -0.15) is 4.98 Å². The fourth-order valence-corrected chi connectivity index (χ4v) is 3.47. The highest BCUT2D eigenvalue weighted by atomic mass is 19.1. The summed E-state index contributed by atoms with van der Waals surface area (Å²) in [7, 11) is 1.73. The summed E-state index contributed by atoms with van der Waals surface area (Å²) in [6, 6.07) is 3.41. The summed E-state index contributed by atoms with van der Waals surface area (Å²) in [5, 5.41) is 15.7. The van der Waals surface area contributed by atoms with E-state index in [0.717, 1.165) is 18.9 Å². The second-order valence-electron chi connectivity index (χ2n) is 6.67. The van der Waals surface area contributed by atoms with Crippen molar-refractivity contribution in [3.63, 3.8) is 0 Å². The highest BCUT2D eigenvalue weighted by molar-refractivity contribution is 5.76. The van der Waals surface area contributed by atoms with E-state index in [1.807, 2.05) is 4.57 Å². The first kappa shape index (κ1) is 19.9. The number of rotatable bonds is 4. The third-order valence-electron chi connectivity index (χ3n) is 4.87. The minimum absolute atomic E-state index is 0. The van der Waals surface area contributed by atoms with Gasteiger partial charge in [-0.3, -0.25) is 4.57 Å². The first-order valence-corrected chi connectivity index (χ1v) is 8.88. The molecule has 7 nitrogen and oxygen atoms in total. The van der Waals surface area contributed by atoms with Crippen LogP contribution in [0.2, 0.25) is 0 Å². The van der Waals surface area contributed by atoms with Crippen LogP contribution in [-0.4, -0.2) is 37.8 Å². The predicted molar refractivity (Wildman–Crippen MR) is 105 cm³/mol. The first-order chi connectivity index (χ1) is 13.0. The molecule has 0 unspecified atom stereocenters. The van der Waals surface area contributed by atoms with Crippen LogP contribution in [0.3, 0.4) is 0 Å². The fourth-order valence-electron chi connectivity index (χ4n) is 3.47. The molecule has 28 heavy (non-hydrogen) atoms. The quantitative estimate of drug-likeness (QED) is 0.624. The molecule has 0 radical (unpaired) electrons. The summed E-state index contributed by atoms with van der Waals surface area (Å²) < 4.78 is 29.3. The van der Waals surface area contributed by atoms with Crippen molar-refractivity contribution in [2.45, 2.75) is 45.3 Å². The van der Waals surface area contributed by atoms with Gasteiger partial charge >= 0.3 is 0 Å².